The van der Waals surface area contributed by atoms with Gasteiger partial charge in [0.05, 0.1) is 6.61 Å². The summed E-state index contributed by atoms with van der Waals surface area (Å²) in [5.74, 6) is 0.182. The number of rotatable bonds is 4. The number of ether oxygens (including phenoxy) is 1. The van der Waals surface area contributed by atoms with Crippen molar-refractivity contribution in [2.75, 3.05) is 13.7 Å². The van der Waals surface area contributed by atoms with Gasteiger partial charge in [-0.05, 0) is 25.8 Å². The van der Waals surface area contributed by atoms with E-state index in [2.05, 4.69) is 42.8 Å². The third kappa shape index (κ3) is 8.18. The van der Waals surface area contributed by atoms with Gasteiger partial charge >= 0.3 is 0 Å². The van der Waals surface area contributed by atoms with Crippen LogP contribution >= 0.6 is 0 Å². The molecule has 16 heavy (non-hydrogen) atoms. The van der Waals surface area contributed by atoms with E-state index in [0.717, 1.165) is 6.42 Å². The van der Waals surface area contributed by atoms with Crippen LogP contribution in [0.1, 0.15) is 32.8 Å². The van der Waals surface area contributed by atoms with Gasteiger partial charge < -0.3 is 4.74 Å². The summed E-state index contributed by atoms with van der Waals surface area (Å²) in [6.45, 7) is 6.39. The number of hydrogen-bond donors (Lipinski definition) is 0. The summed E-state index contributed by atoms with van der Waals surface area (Å²) in [5.41, 5.74) is 2.76. The Balaban J connectivity index is 0. The van der Waals surface area contributed by atoms with Crippen LogP contribution in [-0.2, 0) is 16.0 Å². The molecular formula is C14H24O2. The number of aryl methyl sites for hydroxylation is 2. The molecule has 0 atom stereocenters. The molecule has 0 aliphatic heterocycles. The fourth-order valence-corrected chi connectivity index (χ4v) is 1.07. The van der Waals surface area contributed by atoms with Crippen LogP contribution in [-0.4, -0.2) is 19.5 Å². The SMILES string of the molecule is CCc1ccc(C)cc1.COCCC(C)=O.[HH]. The average Bonchev–Trinajstić information content (AvgIpc) is 2.28. The van der Waals surface area contributed by atoms with Crippen molar-refractivity contribution in [3.8, 4) is 0 Å². The molecule has 2 heteroatoms. The summed E-state index contributed by atoms with van der Waals surface area (Å²) in [5, 5.41) is 0. The highest BCUT2D eigenvalue weighted by Crippen LogP contribution is 2.02. The fraction of sp³-hybridized carbons (Fsp3) is 0.500. The zero-order chi connectivity index (χ0) is 12.4. The van der Waals surface area contributed by atoms with E-state index in [4.69, 9.17) is 0 Å². The molecule has 0 spiro atoms. The van der Waals surface area contributed by atoms with E-state index in [0.29, 0.717) is 13.0 Å². The third-order valence-corrected chi connectivity index (χ3v) is 2.19. The Labute approximate surface area is 100 Å². The van der Waals surface area contributed by atoms with Gasteiger partial charge in [0.25, 0.3) is 0 Å². The van der Waals surface area contributed by atoms with E-state index >= 15 is 0 Å². The number of carbonyl (C=O) groups excluding carboxylic acids is 1. The van der Waals surface area contributed by atoms with Crippen molar-refractivity contribution in [3.05, 3.63) is 35.4 Å². The van der Waals surface area contributed by atoms with Gasteiger partial charge in [-0.1, -0.05) is 36.8 Å². The van der Waals surface area contributed by atoms with Gasteiger partial charge in [-0.25, -0.2) is 0 Å². The number of methoxy groups -OCH3 is 1. The number of Topliss-reactive ketones (excluding diaryl/α,β-unsaturated/α-hetero) is 1. The summed E-state index contributed by atoms with van der Waals surface area (Å²) < 4.78 is 4.63. The highest BCUT2D eigenvalue weighted by molar-refractivity contribution is 5.75. The predicted molar refractivity (Wildman–Crippen MR) is 69.8 cm³/mol. The van der Waals surface area contributed by atoms with E-state index in [1.165, 1.54) is 11.1 Å². The Hall–Kier alpha value is -1.15. The molecule has 0 aliphatic carbocycles. The molecule has 1 aromatic rings. The maximum Gasteiger partial charge on any atom is 0.132 e. The fourth-order valence-electron chi connectivity index (χ4n) is 1.07. The molecule has 1 aromatic carbocycles. The molecule has 0 aromatic heterocycles. The Kier molecular flexibility index (Phi) is 8.45. The van der Waals surface area contributed by atoms with Gasteiger partial charge in [0, 0.05) is 15.0 Å². The maximum absolute atomic E-state index is 10.1. The lowest BCUT2D eigenvalue weighted by Crippen LogP contribution is -1.95. The summed E-state index contributed by atoms with van der Waals surface area (Å²) in [6, 6.07) is 8.66. The quantitative estimate of drug-likeness (QED) is 0.783. The molecule has 0 bridgehead atoms. The molecule has 0 N–H and O–H groups in total. The normalized spacial score (nSPS) is 9.25. The summed E-state index contributed by atoms with van der Waals surface area (Å²) in [4.78, 5) is 10.1. The third-order valence-electron chi connectivity index (χ3n) is 2.19. The van der Waals surface area contributed by atoms with Crippen LogP contribution in [0.25, 0.3) is 0 Å². The first-order valence-corrected chi connectivity index (χ1v) is 5.64. The molecule has 0 aliphatic rings. The minimum atomic E-state index is 0. The second kappa shape index (κ2) is 9.10. The molecule has 0 unspecified atom stereocenters. The van der Waals surface area contributed by atoms with Crippen molar-refractivity contribution in [3.63, 3.8) is 0 Å². The molecule has 2 nitrogen and oxygen atoms in total. The zero-order valence-electron chi connectivity index (χ0n) is 10.7. The smallest absolute Gasteiger partial charge is 0.132 e. The van der Waals surface area contributed by atoms with Crippen LogP contribution < -0.4 is 0 Å². The molecule has 0 saturated carbocycles. The van der Waals surface area contributed by atoms with Crippen molar-refractivity contribution < 1.29 is 11.0 Å². The minimum Gasteiger partial charge on any atom is -0.384 e. The maximum atomic E-state index is 10.1. The van der Waals surface area contributed by atoms with Crippen LogP contribution in [0.5, 0.6) is 0 Å². The van der Waals surface area contributed by atoms with E-state index in [9.17, 15) is 4.79 Å². The summed E-state index contributed by atoms with van der Waals surface area (Å²) in [6.07, 6.45) is 1.68. The van der Waals surface area contributed by atoms with Crippen molar-refractivity contribution in [2.45, 2.75) is 33.6 Å². The van der Waals surface area contributed by atoms with Crippen molar-refractivity contribution in [2.24, 2.45) is 0 Å². The lowest BCUT2D eigenvalue weighted by atomic mass is 10.1. The van der Waals surface area contributed by atoms with E-state index in [1.807, 2.05) is 0 Å². The Morgan fingerprint density at radius 2 is 1.88 bits per heavy atom. The molecule has 0 amide bonds. The molecular weight excluding hydrogens is 200 g/mol. The molecule has 0 fully saturated rings. The first-order chi connectivity index (χ1) is 7.60. The van der Waals surface area contributed by atoms with Gasteiger partial charge in [-0.3, -0.25) is 4.79 Å². The number of carbonyl (C=O) groups is 1. The van der Waals surface area contributed by atoms with Crippen molar-refractivity contribution in [1.82, 2.24) is 0 Å². The van der Waals surface area contributed by atoms with Gasteiger partial charge in [-0.15, -0.1) is 0 Å². The van der Waals surface area contributed by atoms with Crippen molar-refractivity contribution in [1.29, 1.82) is 0 Å². The number of benzene rings is 1. The highest BCUT2D eigenvalue weighted by atomic mass is 16.5. The van der Waals surface area contributed by atoms with Gasteiger partial charge in [0.1, 0.15) is 5.78 Å². The Bertz CT molecular complexity index is 294. The second-order valence-corrected chi connectivity index (χ2v) is 3.78. The number of hydrogen-bond acceptors (Lipinski definition) is 2. The molecule has 0 heterocycles. The Morgan fingerprint density at radius 1 is 1.31 bits per heavy atom. The van der Waals surface area contributed by atoms with Crippen LogP contribution in [0.3, 0.4) is 0 Å². The minimum absolute atomic E-state index is 0. The van der Waals surface area contributed by atoms with Crippen LogP contribution in [0.15, 0.2) is 24.3 Å². The molecule has 1 rings (SSSR count). The molecule has 92 valence electrons. The highest BCUT2D eigenvalue weighted by Gasteiger charge is 1.87. The predicted octanol–water partition coefficient (Wildman–Crippen LogP) is 3.42. The summed E-state index contributed by atoms with van der Waals surface area (Å²) in [7, 11) is 1.59. The van der Waals surface area contributed by atoms with Gasteiger partial charge in [0.15, 0.2) is 0 Å². The first-order valence-electron chi connectivity index (χ1n) is 5.64. The van der Waals surface area contributed by atoms with Crippen LogP contribution in [0, 0.1) is 6.92 Å². The standard InChI is InChI=1S/C9H12.C5H10O2.H2/c1-3-9-6-4-8(2)5-7-9;1-5(6)3-4-7-2;/h4-7H,3H2,1-2H3;3-4H2,1-2H3;1H. The summed E-state index contributed by atoms with van der Waals surface area (Å²) >= 11 is 0. The lowest BCUT2D eigenvalue weighted by molar-refractivity contribution is -0.117. The van der Waals surface area contributed by atoms with Gasteiger partial charge in [-0.2, -0.15) is 0 Å². The monoisotopic (exact) mass is 224 g/mol. The molecule has 0 saturated heterocycles. The Morgan fingerprint density at radius 3 is 2.19 bits per heavy atom. The van der Waals surface area contributed by atoms with Crippen LogP contribution in [0.2, 0.25) is 0 Å². The van der Waals surface area contributed by atoms with E-state index in [-0.39, 0.29) is 7.21 Å². The van der Waals surface area contributed by atoms with Gasteiger partial charge in [0.2, 0.25) is 0 Å². The van der Waals surface area contributed by atoms with E-state index < -0.39 is 0 Å². The first kappa shape index (κ1) is 14.8. The number of ketones is 1. The van der Waals surface area contributed by atoms with Crippen molar-refractivity contribution >= 4 is 5.78 Å². The average molecular weight is 224 g/mol. The zero-order valence-corrected chi connectivity index (χ0v) is 10.7. The van der Waals surface area contributed by atoms with Crippen LogP contribution in [0.4, 0.5) is 0 Å². The largest absolute Gasteiger partial charge is 0.384 e. The van der Waals surface area contributed by atoms with E-state index in [1.54, 1.807) is 14.0 Å². The lowest BCUT2D eigenvalue weighted by Gasteiger charge is -1.94. The molecule has 0 radical (unpaired) electrons. The second-order valence-electron chi connectivity index (χ2n) is 3.78. The topological polar surface area (TPSA) is 26.3 Å².